The molecule has 3 rings (SSSR count). The Hall–Kier alpha value is -2.57. The Morgan fingerprint density at radius 1 is 0.926 bits per heavy atom. The van der Waals surface area contributed by atoms with E-state index < -0.39 is 29.4 Å². The highest BCUT2D eigenvalue weighted by Gasteiger charge is 2.35. The van der Waals surface area contributed by atoms with Gasteiger partial charge in [-0.2, -0.15) is 13.2 Å². The molecule has 0 radical (unpaired) electrons. The highest BCUT2D eigenvalue weighted by atomic mass is 35.5. The molecular formula is C20H18ClF3N2O. The van der Waals surface area contributed by atoms with Crippen LogP contribution in [0.15, 0.2) is 71.5 Å². The quantitative estimate of drug-likeness (QED) is 0.710. The molecule has 0 amide bonds. The first-order chi connectivity index (χ1) is 12.4. The van der Waals surface area contributed by atoms with Crippen molar-refractivity contribution in [3.63, 3.8) is 0 Å². The van der Waals surface area contributed by atoms with E-state index in [0.717, 1.165) is 11.6 Å². The Balaban J connectivity index is 0.00000261. The van der Waals surface area contributed by atoms with Gasteiger partial charge in [0.1, 0.15) is 0 Å². The Morgan fingerprint density at radius 2 is 1.48 bits per heavy atom. The summed E-state index contributed by atoms with van der Waals surface area (Å²) in [4.78, 5) is 12.8. The molecule has 0 atom stereocenters. The summed E-state index contributed by atoms with van der Waals surface area (Å²) in [6.07, 6.45) is -4.65. The van der Waals surface area contributed by atoms with Crippen LogP contribution in [0.25, 0.3) is 11.3 Å². The SMILES string of the molecule is Cl.NCc1c(C(F)(F)F)cc(-c2ccccc2)n(Cc2ccccc2)c1=O. The van der Waals surface area contributed by atoms with Gasteiger partial charge in [-0.15, -0.1) is 12.4 Å². The highest BCUT2D eigenvalue weighted by molar-refractivity contribution is 5.85. The van der Waals surface area contributed by atoms with E-state index in [-0.39, 0.29) is 24.6 Å². The van der Waals surface area contributed by atoms with Gasteiger partial charge in [-0.05, 0) is 17.2 Å². The van der Waals surface area contributed by atoms with Gasteiger partial charge in [-0.3, -0.25) is 4.79 Å². The summed E-state index contributed by atoms with van der Waals surface area (Å²) in [5.41, 5.74) is 4.93. The van der Waals surface area contributed by atoms with Gasteiger partial charge in [0.05, 0.1) is 17.8 Å². The minimum Gasteiger partial charge on any atom is -0.326 e. The van der Waals surface area contributed by atoms with Crippen molar-refractivity contribution in [3.8, 4) is 11.3 Å². The van der Waals surface area contributed by atoms with Crippen molar-refractivity contribution in [2.24, 2.45) is 5.73 Å². The lowest BCUT2D eigenvalue weighted by Crippen LogP contribution is -2.31. The monoisotopic (exact) mass is 394 g/mol. The van der Waals surface area contributed by atoms with Crippen molar-refractivity contribution in [2.45, 2.75) is 19.3 Å². The van der Waals surface area contributed by atoms with E-state index in [4.69, 9.17) is 5.73 Å². The van der Waals surface area contributed by atoms with Gasteiger partial charge < -0.3 is 10.3 Å². The van der Waals surface area contributed by atoms with Gasteiger partial charge >= 0.3 is 6.18 Å². The second-order valence-corrected chi connectivity index (χ2v) is 5.87. The maximum atomic E-state index is 13.5. The minimum atomic E-state index is -4.65. The number of benzene rings is 2. The van der Waals surface area contributed by atoms with Crippen LogP contribution in [0.5, 0.6) is 0 Å². The van der Waals surface area contributed by atoms with E-state index in [1.54, 1.807) is 30.3 Å². The molecule has 0 aliphatic carbocycles. The maximum absolute atomic E-state index is 13.5. The molecule has 1 aromatic heterocycles. The van der Waals surface area contributed by atoms with Gasteiger partial charge in [0.2, 0.25) is 0 Å². The molecular weight excluding hydrogens is 377 g/mol. The molecule has 0 saturated heterocycles. The fraction of sp³-hybridized carbons (Fsp3) is 0.150. The molecule has 3 aromatic rings. The lowest BCUT2D eigenvalue weighted by Gasteiger charge is -2.19. The molecule has 0 saturated carbocycles. The molecule has 0 fully saturated rings. The Bertz CT molecular complexity index is 955. The third kappa shape index (κ3) is 4.40. The zero-order valence-corrected chi connectivity index (χ0v) is 15.1. The molecule has 7 heteroatoms. The number of aromatic nitrogens is 1. The summed E-state index contributed by atoms with van der Waals surface area (Å²) in [6.45, 7) is -0.313. The van der Waals surface area contributed by atoms with Gasteiger partial charge in [0.25, 0.3) is 5.56 Å². The number of rotatable bonds is 4. The van der Waals surface area contributed by atoms with Crippen LogP contribution >= 0.6 is 12.4 Å². The summed E-state index contributed by atoms with van der Waals surface area (Å²) >= 11 is 0. The normalized spacial score (nSPS) is 11.1. The van der Waals surface area contributed by atoms with Crippen molar-refractivity contribution >= 4 is 12.4 Å². The van der Waals surface area contributed by atoms with Crippen LogP contribution in [0.4, 0.5) is 13.2 Å². The van der Waals surface area contributed by atoms with E-state index >= 15 is 0 Å². The third-order valence-electron chi connectivity index (χ3n) is 4.16. The lowest BCUT2D eigenvalue weighted by atomic mass is 10.0. The van der Waals surface area contributed by atoms with Crippen molar-refractivity contribution in [2.75, 3.05) is 0 Å². The summed E-state index contributed by atoms with van der Waals surface area (Å²) in [5, 5.41) is 0. The number of hydrogen-bond donors (Lipinski definition) is 1. The average Bonchev–Trinajstić information content (AvgIpc) is 2.63. The fourth-order valence-corrected chi connectivity index (χ4v) is 2.91. The molecule has 0 bridgehead atoms. The van der Waals surface area contributed by atoms with Crippen molar-refractivity contribution in [1.29, 1.82) is 0 Å². The molecule has 2 N–H and O–H groups in total. The number of nitrogens with two attached hydrogens (primary N) is 1. The number of hydrogen-bond acceptors (Lipinski definition) is 2. The van der Waals surface area contributed by atoms with Crippen LogP contribution < -0.4 is 11.3 Å². The van der Waals surface area contributed by atoms with Gasteiger partial charge in [-0.25, -0.2) is 0 Å². The third-order valence-corrected chi connectivity index (χ3v) is 4.16. The zero-order valence-electron chi connectivity index (χ0n) is 14.2. The lowest BCUT2D eigenvalue weighted by molar-refractivity contribution is -0.138. The standard InChI is InChI=1S/C20H17F3N2O.ClH/c21-20(22,23)17-11-18(15-9-5-2-6-10-15)25(19(26)16(17)12-24)13-14-7-3-1-4-8-14;/h1-11H,12-13,24H2;1H. The van der Waals surface area contributed by atoms with Gasteiger partial charge in [0.15, 0.2) is 0 Å². The Kier molecular flexibility index (Phi) is 6.46. The molecule has 2 aromatic carbocycles. The van der Waals surface area contributed by atoms with Crippen LogP contribution in [0.1, 0.15) is 16.7 Å². The zero-order chi connectivity index (χ0) is 18.7. The topological polar surface area (TPSA) is 48.0 Å². The number of nitrogens with zero attached hydrogens (tertiary/aromatic N) is 1. The van der Waals surface area contributed by atoms with Crippen LogP contribution in [-0.2, 0) is 19.3 Å². The molecule has 142 valence electrons. The maximum Gasteiger partial charge on any atom is 0.416 e. The van der Waals surface area contributed by atoms with Crippen LogP contribution in [0.2, 0.25) is 0 Å². The molecule has 0 aliphatic heterocycles. The molecule has 1 heterocycles. The average molecular weight is 395 g/mol. The largest absolute Gasteiger partial charge is 0.416 e. The minimum absolute atomic E-state index is 0. The number of halogens is 4. The predicted molar refractivity (Wildman–Crippen MR) is 102 cm³/mol. The molecule has 3 nitrogen and oxygen atoms in total. The summed E-state index contributed by atoms with van der Waals surface area (Å²) in [7, 11) is 0. The molecule has 0 unspecified atom stereocenters. The Morgan fingerprint density at radius 3 is 2.00 bits per heavy atom. The van der Waals surface area contributed by atoms with E-state index in [9.17, 15) is 18.0 Å². The first-order valence-electron chi connectivity index (χ1n) is 8.05. The smallest absolute Gasteiger partial charge is 0.326 e. The van der Waals surface area contributed by atoms with Crippen molar-refractivity contribution in [3.05, 3.63) is 93.8 Å². The van der Waals surface area contributed by atoms with Crippen LogP contribution in [-0.4, -0.2) is 4.57 Å². The van der Waals surface area contributed by atoms with E-state index in [2.05, 4.69) is 0 Å². The van der Waals surface area contributed by atoms with E-state index in [1.807, 2.05) is 30.3 Å². The highest BCUT2D eigenvalue weighted by Crippen LogP contribution is 2.33. The van der Waals surface area contributed by atoms with E-state index in [1.165, 1.54) is 4.57 Å². The molecule has 0 spiro atoms. The van der Waals surface area contributed by atoms with Gasteiger partial charge in [0, 0.05) is 12.1 Å². The summed E-state index contributed by atoms with van der Waals surface area (Å²) < 4.78 is 41.7. The first kappa shape index (κ1) is 20.7. The summed E-state index contributed by atoms with van der Waals surface area (Å²) in [6, 6.07) is 18.7. The van der Waals surface area contributed by atoms with Crippen LogP contribution in [0.3, 0.4) is 0 Å². The first-order valence-corrected chi connectivity index (χ1v) is 8.05. The second-order valence-electron chi connectivity index (χ2n) is 5.87. The van der Waals surface area contributed by atoms with E-state index in [0.29, 0.717) is 5.56 Å². The number of pyridine rings is 1. The molecule has 27 heavy (non-hydrogen) atoms. The van der Waals surface area contributed by atoms with Gasteiger partial charge in [-0.1, -0.05) is 60.7 Å². The van der Waals surface area contributed by atoms with Crippen LogP contribution in [0, 0.1) is 0 Å². The molecule has 0 aliphatic rings. The predicted octanol–water partition coefficient (Wildman–Crippen LogP) is 4.46. The van der Waals surface area contributed by atoms with Crippen molar-refractivity contribution in [1.82, 2.24) is 4.57 Å². The number of alkyl halides is 3. The Labute approximate surface area is 160 Å². The van der Waals surface area contributed by atoms with Crippen molar-refractivity contribution < 1.29 is 13.2 Å². The second kappa shape index (κ2) is 8.41. The summed E-state index contributed by atoms with van der Waals surface area (Å²) in [5.74, 6) is 0. The fourth-order valence-electron chi connectivity index (χ4n) is 2.91.